The highest BCUT2D eigenvalue weighted by Gasteiger charge is 2.27. The van der Waals surface area contributed by atoms with E-state index in [1.165, 1.54) is 12.1 Å². The van der Waals surface area contributed by atoms with Crippen LogP contribution in [-0.4, -0.2) is 41.5 Å². The van der Waals surface area contributed by atoms with Crippen molar-refractivity contribution in [3.63, 3.8) is 0 Å². The van der Waals surface area contributed by atoms with Gasteiger partial charge in [0, 0.05) is 37.5 Å². The molecule has 7 nitrogen and oxygen atoms in total. The van der Waals surface area contributed by atoms with Gasteiger partial charge in [-0.15, -0.1) is 0 Å². The Morgan fingerprint density at radius 1 is 1.55 bits per heavy atom. The number of carbonyl (C=O) groups excluding carboxylic acids is 1. The van der Waals surface area contributed by atoms with Crippen LogP contribution in [0.2, 0.25) is 0 Å². The molecule has 2 rings (SSSR count). The first-order valence-electron chi connectivity index (χ1n) is 6.64. The van der Waals surface area contributed by atoms with Crippen LogP contribution in [0.5, 0.6) is 0 Å². The van der Waals surface area contributed by atoms with Crippen molar-refractivity contribution in [2.24, 2.45) is 0 Å². The lowest BCUT2D eigenvalue weighted by atomic mass is 10.1. The summed E-state index contributed by atoms with van der Waals surface area (Å²) in [6.07, 6.45) is 0.874. The summed E-state index contributed by atoms with van der Waals surface area (Å²) in [5.41, 5.74) is 0.410. The normalized spacial score (nSPS) is 14.4. The Labute approximate surface area is 117 Å². The van der Waals surface area contributed by atoms with Crippen molar-refractivity contribution in [1.29, 1.82) is 0 Å². The molecule has 2 N–H and O–H groups in total. The van der Waals surface area contributed by atoms with Crippen molar-refractivity contribution in [3.8, 4) is 0 Å². The van der Waals surface area contributed by atoms with Gasteiger partial charge >= 0.3 is 6.03 Å². The van der Waals surface area contributed by atoms with E-state index in [2.05, 4.69) is 10.6 Å². The third-order valence-corrected chi connectivity index (χ3v) is 3.23. The van der Waals surface area contributed by atoms with Gasteiger partial charge in [0.15, 0.2) is 0 Å². The Bertz CT molecular complexity index is 502. The van der Waals surface area contributed by atoms with Crippen LogP contribution < -0.4 is 10.6 Å². The third-order valence-electron chi connectivity index (χ3n) is 3.23. The average molecular weight is 278 g/mol. The van der Waals surface area contributed by atoms with Crippen LogP contribution in [0.25, 0.3) is 0 Å². The molecule has 0 spiro atoms. The quantitative estimate of drug-likeness (QED) is 0.635. The first-order chi connectivity index (χ1) is 9.61. The number of amides is 2. The number of hydrogen-bond acceptors (Lipinski definition) is 4. The fourth-order valence-corrected chi connectivity index (χ4v) is 2.08. The summed E-state index contributed by atoms with van der Waals surface area (Å²) in [7, 11) is 0. The Kier molecular flexibility index (Phi) is 4.52. The summed E-state index contributed by atoms with van der Waals surface area (Å²) >= 11 is 0. The molecule has 0 radical (unpaired) electrons. The standard InChI is InChI=1S/C13H18N4O3/c1-2-6-16(12-8-14-9-12)13(18)15-10-4-3-5-11(7-10)17(19)20/h3-5,7,12,14H,2,6,8-9H2,1H3,(H,15,18). The molecule has 1 saturated heterocycles. The van der Waals surface area contributed by atoms with E-state index in [9.17, 15) is 14.9 Å². The van der Waals surface area contributed by atoms with Crippen LogP contribution in [0.15, 0.2) is 24.3 Å². The molecule has 0 aromatic heterocycles. The van der Waals surface area contributed by atoms with Crippen molar-refractivity contribution in [2.75, 3.05) is 25.0 Å². The number of nitro groups is 1. The number of rotatable bonds is 5. The van der Waals surface area contributed by atoms with E-state index in [-0.39, 0.29) is 17.8 Å². The Hall–Kier alpha value is -2.15. The predicted molar refractivity (Wildman–Crippen MR) is 75.8 cm³/mol. The first-order valence-corrected chi connectivity index (χ1v) is 6.64. The van der Waals surface area contributed by atoms with Crippen molar-refractivity contribution in [1.82, 2.24) is 10.2 Å². The zero-order chi connectivity index (χ0) is 14.5. The molecule has 1 aromatic rings. The van der Waals surface area contributed by atoms with E-state index in [0.717, 1.165) is 19.5 Å². The lowest BCUT2D eigenvalue weighted by Crippen LogP contribution is -2.59. The summed E-state index contributed by atoms with van der Waals surface area (Å²) < 4.78 is 0. The molecular formula is C13H18N4O3. The van der Waals surface area contributed by atoms with Crippen LogP contribution in [0.4, 0.5) is 16.2 Å². The summed E-state index contributed by atoms with van der Waals surface area (Å²) in [5.74, 6) is 0. The van der Waals surface area contributed by atoms with Crippen molar-refractivity contribution in [2.45, 2.75) is 19.4 Å². The Balaban J connectivity index is 2.05. The smallest absolute Gasteiger partial charge is 0.319 e. The van der Waals surface area contributed by atoms with E-state index < -0.39 is 4.92 Å². The third kappa shape index (κ3) is 3.24. The van der Waals surface area contributed by atoms with Gasteiger partial charge in [0.05, 0.1) is 11.0 Å². The highest BCUT2D eigenvalue weighted by molar-refractivity contribution is 5.90. The SMILES string of the molecule is CCCN(C(=O)Nc1cccc([N+](=O)[O-])c1)C1CNC1. The van der Waals surface area contributed by atoms with E-state index in [1.807, 2.05) is 6.92 Å². The van der Waals surface area contributed by atoms with Gasteiger partial charge in [0.25, 0.3) is 5.69 Å². The molecule has 2 amide bonds. The second-order valence-electron chi connectivity index (χ2n) is 4.74. The molecule has 108 valence electrons. The summed E-state index contributed by atoms with van der Waals surface area (Å²) in [4.78, 5) is 24.2. The average Bonchev–Trinajstić information content (AvgIpc) is 2.36. The lowest BCUT2D eigenvalue weighted by Gasteiger charge is -2.38. The van der Waals surface area contributed by atoms with Gasteiger partial charge in [0.1, 0.15) is 0 Å². The number of nitrogens with one attached hydrogen (secondary N) is 2. The largest absolute Gasteiger partial charge is 0.322 e. The van der Waals surface area contributed by atoms with E-state index in [4.69, 9.17) is 0 Å². The molecule has 0 aliphatic carbocycles. The van der Waals surface area contributed by atoms with E-state index in [1.54, 1.807) is 17.0 Å². The molecule has 0 unspecified atom stereocenters. The maximum Gasteiger partial charge on any atom is 0.322 e. The minimum atomic E-state index is -0.477. The van der Waals surface area contributed by atoms with Gasteiger partial charge in [-0.1, -0.05) is 13.0 Å². The molecule has 0 atom stereocenters. The van der Waals surface area contributed by atoms with E-state index in [0.29, 0.717) is 12.2 Å². The molecule has 1 fully saturated rings. The van der Waals surface area contributed by atoms with Gasteiger partial charge in [-0.05, 0) is 12.5 Å². The number of nitrogens with zero attached hydrogens (tertiary/aromatic N) is 2. The van der Waals surface area contributed by atoms with Crippen LogP contribution in [0.3, 0.4) is 0 Å². The van der Waals surface area contributed by atoms with Crippen LogP contribution in [-0.2, 0) is 0 Å². The predicted octanol–water partition coefficient (Wildman–Crippen LogP) is 1.81. The first kappa shape index (κ1) is 14.3. The maximum atomic E-state index is 12.2. The molecule has 1 aliphatic rings. The fourth-order valence-electron chi connectivity index (χ4n) is 2.08. The van der Waals surface area contributed by atoms with Gasteiger partial charge in [-0.2, -0.15) is 0 Å². The molecule has 1 heterocycles. The topological polar surface area (TPSA) is 87.5 Å². The number of hydrogen-bond donors (Lipinski definition) is 2. The highest BCUT2D eigenvalue weighted by Crippen LogP contribution is 2.18. The monoisotopic (exact) mass is 278 g/mol. The molecule has 0 bridgehead atoms. The fraction of sp³-hybridized carbons (Fsp3) is 0.462. The van der Waals surface area contributed by atoms with Crippen molar-refractivity contribution < 1.29 is 9.72 Å². The zero-order valence-electron chi connectivity index (χ0n) is 11.3. The van der Waals surface area contributed by atoms with E-state index >= 15 is 0 Å². The van der Waals surface area contributed by atoms with Gasteiger partial charge in [-0.25, -0.2) is 4.79 Å². The molecular weight excluding hydrogens is 260 g/mol. The Morgan fingerprint density at radius 2 is 2.30 bits per heavy atom. The van der Waals surface area contributed by atoms with Gasteiger partial charge in [-0.3, -0.25) is 10.1 Å². The minimum Gasteiger partial charge on any atom is -0.319 e. The summed E-state index contributed by atoms with van der Waals surface area (Å²) in [6, 6.07) is 5.96. The second kappa shape index (κ2) is 6.33. The van der Waals surface area contributed by atoms with Crippen LogP contribution >= 0.6 is 0 Å². The zero-order valence-corrected chi connectivity index (χ0v) is 11.3. The van der Waals surface area contributed by atoms with Crippen molar-refractivity contribution in [3.05, 3.63) is 34.4 Å². The van der Waals surface area contributed by atoms with Gasteiger partial charge in [0.2, 0.25) is 0 Å². The maximum absolute atomic E-state index is 12.2. The van der Waals surface area contributed by atoms with Crippen LogP contribution in [0.1, 0.15) is 13.3 Å². The molecule has 20 heavy (non-hydrogen) atoms. The number of non-ortho nitro benzene ring substituents is 1. The number of benzene rings is 1. The van der Waals surface area contributed by atoms with Crippen LogP contribution in [0, 0.1) is 10.1 Å². The molecule has 1 aliphatic heterocycles. The van der Waals surface area contributed by atoms with Gasteiger partial charge < -0.3 is 15.5 Å². The second-order valence-corrected chi connectivity index (χ2v) is 4.74. The number of anilines is 1. The van der Waals surface area contributed by atoms with Crippen molar-refractivity contribution >= 4 is 17.4 Å². The highest BCUT2D eigenvalue weighted by atomic mass is 16.6. The number of nitro benzene ring substituents is 1. The molecule has 7 heteroatoms. The molecule has 1 aromatic carbocycles. The molecule has 0 saturated carbocycles. The minimum absolute atomic E-state index is 0.0323. The summed E-state index contributed by atoms with van der Waals surface area (Å²) in [5, 5.41) is 16.6. The summed E-state index contributed by atoms with van der Waals surface area (Å²) in [6.45, 7) is 4.28. The Morgan fingerprint density at radius 3 is 2.85 bits per heavy atom. The lowest BCUT2D eigenvalue weighted by molar-refractivity contribution is -0.384. The number of carbonyl (C=O) groups is 1. The number of urea groups is 1.